The minimum atomic E-state index is -2.47. The smallest absolute Gasteiger partial charge is 0.462 e. The molecule has 2 aromatic carbocycles. The standard InChI is InChI=1S/C34H49NO6PS/c1-3-4-5-6-7-8-9-10-11-12-13-14-17-28-18-15-20-30(24-28)40-34(36)32(38-2)27-39-42(37)41-31-21-16-19-29(25-31)26-33-35-22-23-43-33/h15-16,18-25,32,34,36H,3-14,17,26-27H2,1-2H3/q+1. The molecular formula is C34H49NO6PS+. The molecule has 3 atom stereocenters. The summed E-state index contributed by atoms with van der Waals surface area (Å²) < 4.78 is 34.4. The van der Waals surface area contributed by atoms with Gasteiger partial charge in [0.25, 0.3) is 0 Å². The summed E-state index contributed by atoms with van der Waals surface area (Å²) in [4.78, 5) is 4.30. The minimum Gasteiger partial charge on any atom is -0.462 e. The first kappa shape index (κ1) is 35.1. The molecule has 0 aliphatic carbocycles. The fraction of sp³-hybridized carbons (Fsp3) is 0.559. The predicted octanol–water partition coefficient (Wildman–Crippen LogP) is 9.44. The van der Waals surface area contributed by atoms with Crippen LogP contribution in [0, 0.1) is 0 Å². The lowest BCUT2D eigenvalue weighted by atomic mass is 10.0. The van der Waals surface area contributed by atoms with Crippen LogP contribution in [0.1, 0.15) is 100 Å². The summed E-state index contributed by atoms with van der Waals surface area (Å²) >= 11 is 1.58. The maximum absolute atomic E-state index is 12.5. The number of rotatable bonds is 24. The molecule has 3 aromatic rings. The monoisotopic (exact) mass is 630 g/mol. The third kappa shape index (κ3) is 14.8. The molecule has 0 radical (unpaired) electrons. The number of benzene rings is 2. The van der Waals surface area contributed by atoms with Gasteiger partial charge in [0.15, 0.2) is 5.75 Å². The Bertz CT molecular complexity index is 1160. The van der Waals surface area contributed by atoms with E-state index in [1.807, 2.05) is 41.8 Å². The average Bonchev–Trinajstić information content (AvgIpc) is 3.51. The van der Waals surface area contributed by atoms with Gasteiger partial charge in [-0.15, -0.1) is 15.9 Å². The minimum absolute atomic E-state index is 0.162. The Labute approximate surface area is 262 Å². The topological polar surface area (TPSA) is 87.1 Å². The molecule has 0 aliphatic rings. The van der Waals surface area contributed by atoms with Crippen molar-refractivity contribution in [2.75, 3.05) is 13.7 Å². The van der Waals surface area contributed by atoms with Crippen LogP contribution >= 0.6 is 19.6 Å². The molecule has 1 aromatic heterocycles. The quantitative estimate of drug-likeness (QED) is 0.0599. The van der Waals surface area contributed by atoms with Crippen molar-refractivity contribution in [2.45, 2.75) is 109 Å². The van der Waals surface area contributed by atoms with Crippen LogP contribution in [0.4, 0.5) is 0 Å². The van der Waals surface area contributed by atoms with Gasteiger partial charge in [0.1, 0.15) is 18.5 Å². The van der Waals surface area contributed by atoms with Crippen LogP contribution in [-0.4, -0.2) is 36.2 Å². The van der Waals surface area contributed by atoms with E-state index in [1.54, 1.807) is 23.6 Å². The lowest BCUT2D eigenvalue weighted by Crippen LogP contribution is -2.36. The lowest BCUT2D eigenvalue weighted by molar-refractivity contribution is -0.129. The van der Waals surface area contributed by atoms with Crippen molar-refractivity contribution >= 4 is 19.6 Å². The molecule has 3 rings (SSSR count). The molecular weight excluding hydrogens is 581 g/mol. The van der Waals surface area contributed by atoms with Crippen LogP contribution in [0.15, 0.2) is 60.1 Å². The van der Waals surface area contributed by atoms with E-state index in [4.69, 9.17) is 18.5 Å². The highest BCUT2D eigenvalue weighted by molar-refractivity contribution is 7.33. The van der Waals surface area contributed by atoms with Gasteiger partial charge in [-0.1, -0.05) is 102 Å². The molecule has 0 saturated carbocycles. The van der Waals surface area contributed by atoms with E-state index in [-0.39, 0.29) is 6.61 Å². The number of methoxy groups -OCH3 is 1. The molecule has 0 spiro atoms. The van der Waals surface area contributed by atoms with Crippen LogP contribution in [0.3, 0.4) is 0 Å². The fourth-order valence-corrected chi connectivity index (χ4v) is 6.16. The Kier molecular flexibility index (Phi) is 17.5. The molecule has 1 N–H and O–H groups in total. The van der Waals surface area contributed by atoms with Crippen molar-refractivity contribution in [2.24, 2.45) is 0 Å². The lowest BCUT2D eigenvalue weighted by Gasteiger charge is -2.20. The maximum Gasteiger partial charge on any atom is 0.750 e. The second-order valence-electron chi connectivity index (χ2n) is 10.9. The first-order valence-electron chi connectivity index (χ1n) is 15.8. The van der Waals surface area contributed by atoms with Gasteiger partial charge in [-0.2, -0.15) is 0 Å². The van der Waals surface area contributed by atoms with E-state index in [1.165, 1.54) is 83.3 Å². The number of aromatic nitrogens is 1. The van der Waals surface area contributed by atoms with Crippen molar-refractivity contribution in [3.8, 4) is 11.5 Å². The van der Waals surface area contributed by atoms with Crippen LogP contribution in [0.5, 0.6) is 11.5 Å². The van der Waals surface area contributed by atoms with E-state index in [0.717, 1.165) is 23.4 Å². The van der Waals surface area contributed by atoms with E-state index in [9.17, 15) is 9.67 Å². The van der Waals surface area contributed by atoms with Crippen LogP contribution < -0.4 is 9.26 Å². The van der Waals surface area contributed by atoms with E-state index in [0.29, 0.717) is 17.9 Å². The number of aliphatic hydroxyl groups excluding tert-OH is 1. The fourth-order valence-electron chi connectivity index (χ4n) is 4.90. The molecule has 0 bridgehead atoms. The Morgan fingerprint density at radius 2 is 1.49 bits per heavy atom. The summed E-state index contributed by atoms with van der Waals surface area (Å²) in [5, 5.41) is 13.6. The number of hydrogen-bond acceptors (Lipinski definition) is 8. The second kappa shape index (κ2) is 21.4. The number of unbranched alkanes of at least 4 members (excludes halogenated alkanes) is 11. The van der Waals surface area contributed by atoms with Gasteiger partial charge in [0, 0.05) is 29.7 Å². The van der Waals surface area contributed by atoms with Gasteiger partial charge in [-0.05, 0) is 48.2 Å². The Hall–Kier alpha value is -2.35. The van der Waals surface area contributed by atoms with Crippen LogP contribution in [-0.2, 0) is 26.7 Å². The highest BCUT2D eigenvalue weighted by Crippen LogP contribution is 2.30. The van der Waals surface area contributed by atoms with Gasteiger partial charge >= 0.3 is 8.25 Å². The molecule has 0 aliphatic heterocycles. The Morgan fingerprint density at radius 1 is 0.860 bits per heavy atom. The molecule has 0 saturated heterocycles. The third-order valence-electron chi connectivity index (χ3n) is 7.36. The molecule has 236 valence electrons. The van der Waals surface area contributed by atoms with Crippen molar-refractivity contribution in [1.29, 1.82) is 0 Å². The van der Waals surface area contributed by atoms with Gasteiger partial charge in [0.2, 0.25) is 6.29 Å². The third-order valence-corrected chi connectivity index (χ3v) is 8.86. The number of aliphatic hydroxyl groups is 1. The largest absolute Gasteiger partial charge is 0.750 e. The van der Waals surface area contributed by atoms with E-state index >= 15 is 0 Å². The van der Waals surface area contributed by atoms with Gasteiger partial charge in [-0.25, -0.2) is 9.51 Å². The molecule has 1 heterocycles. The van der Waals surface area contributed by atoms with E-state index in [2.05, 4.69) is 18.0 Å². The average molecular weight is 631 g/mol. The second-order valence-corrected chi connectivity index (χ2v) is 12.8. The van der Waals surface area contributed by atoms with Crippen LogP contribution in [0.25, 0.3) is 0 Å². The zero-order valence-corrected chi connectivity index (χ0v) is 27.5. The first-order valence-corrected chi connectivity index (χ1v) is 17.8. The van der Waals surface area contributed by atoms with Crippen molar-refractivity contribution in [3.63, 3.8) is 0 Å². The summed E-state index contributed by atoms with van der Waals surface area (Å²) in [6.45, 7) is 2.10. The molecule has 0 amide bonds. The highest BCUT2D eigenvalue weighted by Gasteiger charge is 2.29. The summed E-state index contributed by atoms with van der Waals surface area (Å²) in [7, 11) is -1.03. The van der Waals surface area contributed by atoms with Gasteiger partial charge < -0.3 is 14.6 Å². The zero-order valence-electron chi connectivity index (χ0n) is 25.8. The van der Waals surface area contributed by atoms with Gasteiger partial charge in [-0.3, -0.25) is 0 Å². The summed E-state index contributed by atoms with van der Waals surface area (Å²) in [5.74, 6) is 0.995. The Balaban J connectivity index is 1.32. The number of aryl methyl sites for hydroxylation is 1. The van der Waals surface area contributed by atoms with Crippen molar-refractivity contribution in [1.82, 2.24) is 4.98 Å². The molecule has 9 heteroatoms. The van der Waals surface area contributed by atoms with Crippen molar-refractivity contribution in [3.05, 3.63) is 76.2 Å². The normalized spacial score (nSPS) is 13.0. The summed E-state index contributed by atoms with van der Waals surface area (Å²) in [6.07, 6.45) is 17.2. The summed E-state index contributed by atoms with van der Waals surface area (Å²) in [6, 6.07) is 15.1. The first-order chi connectivity index (χ1) is 21.1. The molecule has 7 nitrogen and oxygen atoms in total. The Morgan fingerprint density at radius 3 is 2.14 bits per heavy atom. The number of thiazole rings is 1. The highest BCUT2D eigenvalue weighted by atomic mass is 32.1. The van der Waals surface area contributed by atoms with Crippen LogP contribution in [0.2, 0.25) is 0 Å². The predicted molar refractivity (Wildman–Crippen MR) is 174 cm³/mol. The molecule has 3 unspecified atom stereocenters. The van der Waals surface area contributed by atoms with E-state index < -0.39 is 20.6 Å². The number of ether oxygens (including phenoxy) is 2. The number of nitrogens with zero attached hydrogens (tertiary/aromatic N) is 1. The molecule has 43 heavy (non-hydrogen) atoms. The summed E-state index contributed by atoms with van der Waals surface area (Å²) in [5.41, 5.74) is 2.17. The zero-order chi connectivity index (χ0) is 30.5. The van der Waals surface area contributed by atoms with Gasteiger partial charge in [0.05, 0.1) is 5.01 Å². The number of hydrogen-bond donors (Lipinski definition) is 1. The van der Waals surface area contributed by atoms with Crippen molar-refractivity contribution < 1.29 is 28.2 Å². The SMILES string of the molecule is CCCCCCCCCCCCCCc1cccc(OC(O)C(CO[P+](=O)Oc2cccc(Cc3nccs3)c2)OC)c1. The maximum atomic E-state index is 12.5. The molecule has 0 fully saturated rings.